The monoisotopic (exact) mass is 570 g/mol. The molecule has 0 aliphatic heterocycles. The summed E-state index contributed by atoms with van der Waals surface area (Å²) in [5.74, 6) is 0.463. The molecule has 0 spiro atoms. The van der Waals surface area contributed by atoms with Gasteiger partial charge in [-0.3, -0.25) is 0 Å². The van der Waals surface area contributed by atoms with E-state index in [0.717, 1.165) is 0 Å². The second-order valence-corrected chi connectivity index (χ2v) is 17.5. The van der Waals surface area contributed by atoms with Crippen molar-refractivity contribution in [2.24, 2.45) is 5.92 Å². The van der Waals surface area contributed by atoms with Crippen molar-refractivity contribution in [3.63, 3.8) is 0 Å². The first kappa shape index (κ1) is 25.4. The van der Waals surface area contributed by atoms with Gasteiger partial charge in [-0.05, 0) is 0 Å². The normalized spacial score (nSPS) is 17.4. The SMILES string of the molecule is CC1=[C]([Zr](=[CH]c2ccc(C(C)(C)C)cc2)[CH]2c3ccccc3-c3ccccc32)C(C)C=C1c1ccccc1. The molecule has 0 heterocycles. The number of fused-ring (bicyclic) bond motifs is 3. The van der Waals surface area contributed by atoms with Crippen LogP contribution >= 0.6 is 0 Å². The van der Waals surface area contributed by atoms with E-state index in [2.05, 4.69) is 148 Å². The van der Waals surface area contributed by atoms with Gasteiger partial charge < -0.3 is 0 Å². The van der Waals surface area contributed by atoms with E-state index >= 15 is 0 Å². The van der Waals surface area contributed by atoms with Gasteiger partial charge >= 0.3 is 237 Å². The zero-order valence-electron chi connectivity index (χ0n) is 23.1. The maximum atomic E-state index is 2.75. The van der Waals surface area contributed by atoms with Gasteiger partial charge in [0.05, 0.1) is 0 Å². The van der Waals surface area contributed by atoms with E-state index in [1.54, 1.807) is 3.28 Å². The van der Waals surface area contributed by atoms with E-state index in [1.807, 2.05) is 0 Å². The molecule has 0 saturated heterocycles. The van der Waals surface area contributed by atoms with Crippen LogP contribution in [0.1, 0.15) is 66.1 Å². The molecule has 4 aromatic carbocycles. The minimum atomic E-state index is -2.48. The average Bonchev–Trinajstić information content (AvgIpc) is 3.41. The summed E-state index contributed by atoms with van der Waals surface area (Å²) in [6.07, 6.45) is 2.53. The van der Waals surface area contributed by atoms with Gasteiger partial charge in [0.25, 0.3) is 0 Å². The Bertz CT molecular complexity index is 1550. The number of allylic oxidation sites excluding steroid dienone is 4. The molecule has 1 heteroatoms. The molecule has 0 radical (unpaired) electrons. The summed E-state index contributed by atoms with van der Waals surface area (Å²) < 4.78 is 4.97. The average molecular weight is 572 g/mol. The molecule has 38 heavy (non-hydrogen) atoms. The molecule has 1 unspecified atom stereocenters. The molecule has 0 amide bonds. The molecule has 6 rings (SSSR count). The Morgan fingerprint density at radius 1 is 0.684 bits per heavy atom. The predicted octanol–water partition coefficient (Wildman–Crippen LogP) is 9.53. The van der Waals surface area contributed by atoms with Crippen LogP contribution < -0.4 is 0 Å². The van der Waals surface area contributed by atoms with Crippen LogP contribution in [0.3, 0.4) is 0 Å². The number of hydrogen-bond acceptors (Lipinski definition) is 0. The fraction of sp³-hybridized carbons (Fsp3) is 0.216. The van der Waals surface area contributed by atoms with E-state index in [-0.39, 0.29) is 5.41 Å². The number of rotatable bonds is 4. The summed E-state index contributed by atoms with van der Waals surface area (Å²) in [4.78, 5) is 0. The van der Waals surface area contributed by atoms with E-state index < -0.39 is 21.3 Å². The Morgan fingerprint density at radius 2 is 1.24 bits per heavy atom. The maximum absolute atomic E-state index is 2.75. The fourth-order valence-corrected chi connectivity index (χ4v) is 15.1. The molecule has 0 aromatic heterocycles. The van der Waals surface area contributed by atoms with Crippen molar-refractivity contribution in [2.45, 2.75) is 43.7 Å². The molecule has 188 valence electrons. The van der Waals surface area contributed by atoms with Crippen LogP contribution in [0.2, 0.25) is 0 Å². The first-order valence-electron chi connectivity index (χ1n) is 13.8. The van der Waals surface area contributed by atoms with Gasteiger partial charge in [0.2, 0.25) is 0 Å². The Kier molecular flexibility index (Phi) is 6.69. The molecule has 0 nitrogen and oxygen atoms in total. The van der Waals surface area contributed by atoms with Gasteiger partial charge in [-0.15, -0.1) is 0 Å². The predicted molar refractivity (Wildman–Crippen MR) is 160 cm³/mol. The first-order chi connectivity index (χ1) is 18.3. The second-order valence-electron chi connectivity index (χ2n) is 11.9. The van der Waals surface area contributed by atoms with E-state index in [9.17, 15) is 0 Å². The van der Waals surface area contributed by atoms with Crippen LogP contribution in [0, 0.1) is 5.92 Å². The Balaban J connectivity index is 1.56. The molecular formula is C37H36Zr. The van der Waals surface area contributed by atoms with E-state index in [4.69, 9.17) is 0 Å². The topological polar surface area (TPSA) is 0 Å². The van der Waals surface area contributed by atoms with Gasteiger partial charge in [0.15, 0.2) is 0 Å². The quantitative estimate of drug-likeness (QED) is 0.229. The second kappa shape index (κ2) is 10.0. The van der Waals surface area contributed by atoms with Gasteiger partial charge in [0.1, 0.15) is 0 Å². The third-order valence-electron chi connectivity index (χ3n) is 8.32. The molecule has 2 aliphatic carbocycles. The summed E-state index contributed by atoms with van der Waals surface area (Å²) in [5, 5.41) is 0. The molecule has 0 fully saturated rings. The van der Waals surface area contributed by atoms with Crippen molar-refractivity contribution in [1.82, 2.24) is 0 Å². The molecule has 0 N–H and O–H groups in total. The van der Waals surface area contributed by atoms with Gasteiger partial charge in [0, 0.05) is 0 Å². The van der Waals surface area contributed by atoms with E-state index in [0.29, 0.717) is 9.54 Å². The van der Waals surface area contributed by atoms with Gasteiger partial charge in [-0.2, -0.15) is 0 Å². The fourth-order valence-electron chi connectivity index (χ4n) is 6.42. The third-order valence-corrected chi connectivity index (χ3v) is 16.5. The van der Waals surface area contributed by atoms with Crippen LogP contribution in [0.4, 0.5) is 0 Å². The van der Waals surface area contributed by atoms with Crippen molar-refractivity contribution in [3.8, 4) is 11.1 Å². The zero-order valence-corrected chi connectivity index (χ0v) is 25.6. The Morgan fingerprint density at radius 3 is 1.82 bits per heavy atom. The van der Waals surface area contributed by atoms with Crippen molar-refractivity contribution < 1.29 is 21.3 Å². The third kappa shape index (κ3) is 4.50. The molecule has 4 aromatic rings. The van der Waals surface area contributed by atoms with Crippen LogP contribution in [-0.2, 0) is 26.7 Å². The summed E-state index contributed by atoms with van der Waals surface area (Å²) in [7, 11) is 0. The van der Waals surface area contributed by atoms with Crippen LogP contribution in [0.5, 0.6) is 0 Å². The standard InChI is InChI=1S/C13H9.C13H13.C11H14.Zr/c1-3-7-12-10(5-1)9-11-6-2-4-8-13(11)12;1-10-8-11(2)13(9-10)12-6-4-3-5-7-12;1-9-5-7-10(8-6-9)11(2,3)4;/h1-9H;3-7,9-10H,1-2H3;1,5-8H,2-4H3;. The van der Waals surface area contributed by atoms with Crippen molar-refractivity contribution in [1.29, 1.82) is 0 Å². The summed E-state index contributed by atoms with van der Waals surface area (Å²) in [6.45, 7) is 11.7. The summed E-state index contributed by atoms with van der Waals surface area (Å²) in [5.41, 5.74) is 13.2. The summed E-state index contributed by atoms with van der Waals surface area (Å²) >= 11 is -2.48. The van der Waals surface area contributed by atoms with Crippen LogP contribution in [0.15, 0.2) is 118 Å². The number of benzene rings is 4. The molecule has 1 atom stereocenters. The summed E-state index contributed by atoms with van der Waals surface area (Å²) in [6, 6.07) is 38.8. The Hall–Kier alpha value is -2.89. The first-order valence-corrected chi connectivity index (χ1v) is 17.9. The molecule has 0 bridgehead atoms. The van der Waals surface area contributed by atoms with Crippen molar-refractivity contribution >= 4 is 9.28 Å². The number of hydrogen-bond donors (Lipinski definition) is 0. The van der Waals surface area contributed by atoms with Gasteiger partial charge in [-0.1, -0.05) is 0 Å². The van der Waals surface area contributed by atoms with Gasteiger partial charge in [-0.25, -0.2) is 0 Å². The van der Waals surface area contributed by atoms with E-state index in [1.165, 1.54) is 50.1 Å². The van der Waals surface area contributed by atoms with Crippen LogP contribution in [-0.4, -0.2) is 3.71 Å². The minimum absolute atomic E-state index is 0.164. The zero-order chi connectivity index (χ0) is 26.4. The molecular weight excluding hydrogens is 536 g/mol. The molecule has 0 saturated carbocycles. The molecule has 2 aliphatic rings. The van der Waals surface area contributed by atoms with Crippen molar-refractivity contribution in [3.05, 3.63) is 146 Å². The van der Waals surface area contributed by atoms with Crippen molar-refractivity contribution in [2.75, 3.05) is 0 Å². The van der Waals surface area contributed by atoms with Crippen LogP contribution in [0.25, 0.3) is 16.7 Å². The Labute approximate surface area is 235 Å².